The van der Waals surface area contributed by atoms with E-state index < -0.39 is 17.9 Å². The minimum atomic E-state index is -0.880. The average molecular weight is 532 g/mol. The van der Waals surface area contributed by atoms with Crippen LogP contribution in [0, 0.1) is 0 Å². The van der Waals surface area contributed by atoms with Crippen molar-refractivity contribution in [3.63, 3.8) is 0 Å². The summed E-state index contributed by atoms with van der Waals surface area (Å²) in [4.78, 5) is 38.6. The Balaban J connectivity index is 2.00. The Labute approximate surface area is 200 Å². The smallest absolute Gasteiger partial charge is 0.308 e. The van der Waals surface area contributed by atoms with Crippen molar-refractivity contribution < 1.29 is 33.3 Å². The summed E-state index contributed by atoms with van der Waals surface area (Å²) >= 11 is 8.74. The number of halogens is 1. The summed E-state index contributed by atoms with van der Waals surface area (Å²) in [6.07, 6.45) is -0.204. The van der Waals surface area contributed by atoms with Gasteiger partial charge in [0.2, 0.25) is 5.91 Å². The summed E-state index contributed by atoms with van der Waals surface area (Å²) in [7, 11) is 3.07. The predicted octanol–water partition coefficient (Wildman–Crippen LogP) is 0.869. The lowest BCUT2D eigenvalue weighted by atomic mass is 10.1. The summed E-state index contributed by atoms with van der Waals surface area (Å²) in [5.41, 5.74) is 0.343. The first-order chi connectivity index (χ1) is 15.4. The molecule has 32 heavy (non-hydrogen) atoms. The molecule has 0 spiro atoms. The van der Waals surface area contributed by atoms with E-state index in [0.717, 1.165) is 0 Å². The number of thiocarbonyl (C=S) groups is 1. The number of carbonyl (C=O) groups excluding carboxylic acids is 3. The number of hydrogen-bond donors (Lipinski definition) is 2. The lowest BCUT2D eigenvalue weighted by Gasteiger charge is -2.36. The molecule has 2 amide bonds. The molecule has 176 valence electrons. The van der Waals surface area contributed by atoms with Crippen molar-refractivity contribution in [2.45, 2.75) is 12.5 Å². The maximum atomic E-state index is 12.7. The van der Waals surface area contributed by atoms with Gasteiger partial charge in [0, 0.05) is 32.9 Å². The Morgan fingerprint density at radius 1 is 1.22 bits per heavy atom. The van der Waals surface area contributed by atoms with Gasteiger partial charge < -0.3 is 29.2 Å². The summed E-state index contributed by atoms with van der Waals surface area (Å²) in [6.45, 7) is 1.84. The highest BCUT2D eigenvalue weighted by Gasteiger charge is 2.34. The van der Waals surface area contributed by atoms with Crippen LogP contribution in [0.15, 0.2) is 22.7 Å². The van der Waals surface area contributed by atoms with Crippen molar-refractivity contribution in [2.75, 3.05) is 53.7 Å². The van der Waals surface area contributed by atoms with E-state index in [1.54, 1.807) is 25.3 Å². The first-order valence-electron chi connectivity index (χ1n) is 9.83. The van der Waals surface area contributed by atoms with Gasteiger partial charge in [0.15, 0.2) is 5.11 Å². The zero-order valence-electron chi connectivity index (χ0n) is 17.9. The minimum absolute atomic E-state index is 0.0519. The maximum Gasteiger partial charge on any atom is 0.308 e. The Morgan fingerprint density at radius 3 is 2.62 bits per heavy atom. The van der Waals surface area contributed by atoms with Gasteiger partial charge in [-0.3, -0.25) is 19.7 Å². The Bertz CT molecular complexity index is 839. The number of methoxy groups -OCH3 is 2. The van der Waals surface area contributed by atoms with Crippen LogP contribution in [0.3, 0.4) is 0 Å². The summed E-state index contributed by atoms with van der Waals surface area (Å²) in [6, 6.07) is 3.98. The van der Waals surface area contributed by atoms with Crippen LogP contribution in [0.2, 0.25) is 0 Å². The average Bonchev–Trinajstić information content (AvgIpc) is 2.76. The van der Waals surface area contributed by atoms with E-state index >= 15 is 0 Å². The van der Waals surface area contributed by atoms with Crippen molar-refractivity contribution in [1.82, 2.24) is 15.5 Å². The second-order valence-corrected chi connectivity index (χ2v) is 7.90. The van der Waals surface area contributed by atoms with Crippen LogP contribution in [0.25, 0.3) is 0 Å². The third-order valence-corrected chi connectivity index (χ3v) is 5.42. The van der Waals surface area contributed by atoms with Crippen LogP contribution in [0.4, 0.5) is 0 Å². The fraction of sp³-hybridized carbons (Fsp3) is 0.500. The number of nitrogens with one attached hydrogen (secondary N) is 2. The third-order valence-electron chi connectivity index (χ3n) is 4.46. The number of piperazine rings is 1. The fourth-order valence-electron chi connectivity index (χ4n) is 2.85. The molecule has 0 aromatic heterocycles. The van der Waals surface area contributed by atoms with Gasteiger partial charge in [0.25, 0.3) is 5.91 Å². The van der Waals surface area contributed by atoms with Gasteiger partial charge >= 0.3 is 5.97 Å². The summed E-state index contributed by atoms with van der Waals surface area (Å²) in [5.74, 6) is -0.805. The zero-order chi connectivity index (χ0) is 23.5. The standard InChI is InChI=1S/C20H26BrN3O7S/c1-28-7-9-30-16-4-3-13(11-14(16)21)18(26)23-20(32)24-6-5-22-19(27)15(24)12-17(25)31-10-8-29-2/h3-4,11,15H,5-10,12H2,1-2H3,(H,22,27)(H,23,26,32). The summed E-state index contributed by atoms with van der Waals surface area (Å²) < 4.78 is 21.0. The van der Waals surface area contributed by atoms with Crippen LogP contribution in [-0.4, -0.2) is 87.6 Å². The Kier molecular flexibility index (Phi) is 10.8. The molecular weight excluding hydrogens is 506 g/mol. The number of rotatable bonds is 10. The largest absolute Gasteiger partial charge is 0.490 e. The van der Waals surface area contributed by atoms with E-state index in [4.69, 9.17) is 31.2 Å². The molecule has 1 heterocycles. The van der Waals surface area contributed by atoms with E-state index in [1.165, 1.54) is 12.0 Å². The van der Waals surface area contributed by atoms with Crippen molar-refractivity contribution in [3.8, 4) is 5.75 Å². The first-order valence-corrected chi connectivity index (χ1v) is 11.0. The van der Waals surface area contributed by atoms with Crippen molar-refractivity contribution in [2.24, 2.45) is 0 Å². The SMILES string of the molecule is COCCOC(=O)CC1C(=O)NCCN1C(=S)NC(=O)c1ccc(OCCOC)c(Br)c1. The molecule has 12 heteroatoms. The molecule has 2 N–H and O–H groups in total. The van der Waals surface area contributed by atoms with E-state index in [2.05, 4.69) is 26.6 Å². The fourth-order valence-corrected chi connectivity index (χ4v) is 3.66. The molecule has 10 nitrogen and oxygen atoms in total. The van der Waals surface area contributed by atoms with Crippen molar-refractivity contribution >= 4 is 51.0 Å². The topological polar surface area (TPSA) is 115 Å². The number of carbonyl (C=O) groups is 3. The quantitative estimate of drug-likeness (QED) is 0.257. The molecule has 1 aromatic rings. The van der Waals surface area contributed by atoms with Gasteiger partial charge in [0.05, 0.1) is 24.1 Å². The second kappa shape index (κ2) is 13.3. The lowest BCUT2D eigenvalue weighted by molar-refractivity contribution is -0.148. The number of amides is 2. The van der Waals surface area contributed by atoms with Crippen molar-refractivity contribution in [3.05, 3.63) is 28.2 Å². The van der Waals surface area contributed by atoms with Crippen molar-refractivity contribution in [1.29, 1.82) is 0 Å². The molecule has 1 aliphatic heterocycles. The van der Waals surface area contributed by atoms with Gasteiger partial charge in [-0.2, -0.15) is 0 Å². The molecule has 1 atom stereocenters. The Morgan fingerprint density at radius 2 is 1.94 bits per heavy atom. The third kappa shape index (κ3) is 7.69. The van der Waals surface area contributed by atoms with Crippen LogP contribution in [0.5, 0.6) is 5.75 Å². The highest BCUT2D eigenvalue weighted by Crippen LogP contribution is 2.26. The molecule has 0 bridgehead atoms. The lowest BCUT2D eigenvalue weighted by Crippen LogP contribution is -2.60. The van der Waals surface area contributed by atoms with E-state index in [1.807, 2.05) is 0 Å². The number of esters is 1. The molecule has 1 unspecified atom stereocenters. The van der Waals surface area contributed by atoms with Gasteiger partial charge in [-0.15, -0.1) is 0 Å². The van der Waals surface area contributed by atoms with Crippen LogP contribution >= 0.6 is 28.1 Å². The highest BCUT2D eigenvalue weighted by atomic mass is 79.9. The Hall–Kier alpha value is -2.28. The minimum Gasteiger partial charge on any atom is -0.490 e. The maximum absolute atomic E-state index is 12.7. The van der Waals surface area contributed by atoms with Gasteiger partial charge in [0.1, 0.15) is 25.0 Å². The van der Waals surface area contributed by atoms with E-state index in [9.17, 15) is 14.4 Å². The molecule has 0 aliphatic carbocycles. The molecule has 2 rings (SSSR count). The predicted molar refractivity (Wildman–Crippen MR) is 123 cm³/mol. The molecule has 0 radical (unpaired) electrons. The van der Waals surface area contributed by atoms with E-state index in [0.29, 0.717) is 42.1 Å². The van der Waals surface area contributed by atoms with Crippen LogP contribution < -0.4 is 15.4 Å². The van der Waals surface area contributed by atoms with Crippen LogP contribution in [0.1, 0.15) is 16.8 Å². The zero-order valence-corrected chi connectivity index (χ0v) is 20.3. The molecule has 1 fully saturated rings. The second-order valence-electron chi connectivity index (χ2n) is 6.66. The number of hydrogen-bond acceptors (Lipinski definition) is 8. The monoisotopic (exact) mass is 531 g/mol. The molecule has 1 saturated heterocycles. The molecule has 0 saturated carbocycles. The highest BCUT2D eigenvalue weighted by molar-refractivity contribution is 9.10. The summed E-state index contributed by atoms with van der Waals surface area (Å²) in [5, 5.41) is 5.37. The normalized spacial score (nSPS) is 15.7. The van der Waals surface area contributed by atoms with E-state index in [-0.39, 0.29) is 30.7 Å². The molecule has 1 aliphatic rings. The molecular formula is C20H26BrN3O7S. The molecule has 1 aromatic carbocycles. The number of ether oxygens (including phenoxy) is 4. The first kappa shape index (κ1) is 26.0. The van der Waals surface area contributed by atoms with Gasteiger partial charge in [-0.1, -0.05) is 0 Å². The van der Waals surface area contributed by atoms with Gasteiger partial charge in [-0.25, -0.2) is 0 Å². The number of benzene rings is 1. The van der Waals surface area contributed by atoms with Gasteiger partial charge in [-0.05, 0) is 46.3 Å². The van der Waals surface area contributed by atoms with Crippen LogP contribution in [-0.2, 0) is 23.8 Å². The number of nitrogens with zero attached hydrogens (tertiary/aromatic N) is 1.